The minimum atomic E-state index is -0.937. The molecule has 2 aromatic rings. The smallest absolute Gasteiger partial charge is 0.305 e. The maximum atomic E-state index is 12.6. The number of carboxylic acid groups (broad SMARTS) is 1. The fourth-order valence-corrected chi connectivity index (χ4v) is 2.09. The molecule has 110 valence electrons. The molecule has 0 fully saturated rings. The van der Waals surface area contributed by atoms with Gasteiger partial charge in [0.25, 0.3) is 5.91 Å². The van der Waals surface area contributed by atoms with Crippen LogP contribution in [-0.4, -0.2) is 33.3 Å². The lowest BCUT2D eigenvalue weighted by Crippen LogP contribution is -2.33. The first-order valence-corrected chi connectivity index (χ1v) is 6.57. The summed E-state index contributed by atoms with van der Waals surface area (Å²) in [6.07, 6.45) is 2.99. The molecule has 0 aliphatic heterocycles. The number of aromatic nitrogens is 2. The highest BCUT2D eigenvalue weighted by Gasteiger charge is 2.21. The summed E-state index contributed by atoms with van der Waals surface area (Å²) in [5, 5.41) is 12.9. The quantitative estimate of drug-likeness (QED) is 0.910. The lowest BCUT2D eigenvalue weighted by molar-refractivity contribution is -0.136. The van der Waals surface area contributed by atoms with Crippen molar-refractivity contribution in [2.24, 2.45) is 7.05 Å². The number of para-hydroxylation sites is 1. The van der Waals surface area contributed by atoms with Crippen molar-refractivity contribution in [3.05, 3.63) is 47.8 Å². The lowest BCUT2D eigenvalue weighted by Gasteiger charge is -2.23. The summed E-state index contributed by atoms with van der Waals surface area (Å²) in [4.78, 5) is 24.9. The Balaban J connectivity index is 2.34. The standard InChI is InChI=1S/C15H17N3O3/c1-11-5-3-4-6-13(11)18(8-7-14(19)20)15(21)12-9-16-17(2)10-12/h3-6,9-10H,7-8H2,1-2H3,(H,19,20). The van der Waals surface area contributed by atoms with E-state index < -0.39 is 5.97 Å². The van der Waals surface area contributed by atoms with Gasteiger partial charge in [-0.05, 0) is 18.6 Å². The van der Waals surface area contributed by atoms with Crippen LogP contribution in [-0.2, 0) is 11.8 Å². The van der Waals surface area contributed by atoms with Crippen molar-refractivity contribution in [1.82, 2.24) is 9.78 Å². The number of carbonyl (C=O) groups excluding carboxylic acids is 1. The number of nitrogens with zero attached hydrogens (tertiary/aromatic N) is 3. The first-order chi connectivity index (χ1) is 9.99. The topological polar surface area (TPSA) is 75.4 Å². The van der Waals surface area contributed by atoms with Gasteiger partial charge in [0.15, 0.2) is 0 Å². The Bertz CT molecular complexity index is 664. The van der Waals surface area contributed by atoms with Crippen molar-refractivity contribution in [2.75, 3.05) is 11.4 Å². The van der Waals surface area contributed by atoms with E-state index in [0.29, 0.717) is 11.3 Å². The van der Waals surface area contributed by atoms with Gasteiger partial charge in [-0.3, -0.25) is 14.3 Å². The molecular formula is C15H17N3O3. The van der Waals surface area contributed by atoms with Gasteiger partial charge in [0, 0.05) is 25.5 Å². The molecule has 1 aromatic carbocycles. The fourth-order valence-electron chi connectivity index (χ4n) is 2.09. The fraction of sp³-hybridized carbons (Fsp3) is 0.267. The van der Waals surface area contributed by atoms with Crippen LogP contribution in [0.25, 0.3) is 0 Å². The van der Waals surface area contributed by atoms with Gasteiger partial charge in [0.05, 0.1) is 18.2 Å². The van der Waals surface area contributed by atoms with Crippen molar-refractivity contribution >= 4 is 17.6 Å². The molecule has 0 unspecified atom stereocenters. The summed E-state index contributed by atoms with van der Waals surface area (Å²) in [7, 11) is 1.73. The maximum absolute atomic E-state index is 12.6. The minimum absolute atomic E-state index is 0.111. The van der Waals surface area contributed by atoms with Gasteiger partial charge >= 0.3 is 5.97 Å². The highest BCUT2D eigenvalue weighted by Crippen LogP contribution is 2.21. The molecule has 2 rings (SSSR count). The predicted molar refractivity (Wildman–Crippen MR) is 78.3 cm³/mol. The molecule has 6 heteroatoms. The second-order valence-corrected chi connectivity index (χ2v) is 4.79. The van der Waals surface area contributed by atoms with E-state index in [0.717, 1.165) is 5.56 Å². The van der Waals surface area contributed by atoms with Crippen molar-refractivity contribution < 1.29 is 14.7 Å². The average molecular weight is 287 g/mol. The molecule has 1 amide bonds. The van der Waals surface area contributed by atoms with Crippen LogP contribution in [0.2, 0.25) is 0 Å². The van der Waals surface area contributed by atoms with Gasteiger partial charge in [0.2, 0.25) is 0 Å². The van der Waals surface area contributed by atoms with Crippen LogP contribution in [0, 0.1) is 6.92 Å². The highest BCUT2D eigenvalue weighted by molar-refractivity contribution is 6.06. The number of aryl methyl sites for hydroxylation is 2. The van der Waals surface area contributed by atoms with Crippen molar-refractivity contribution in [1.29, 1.82) is 0 Å². The zero-order valence-electron chi connectivity index (χ0n) is 12.0. The van der Waals surface area contributed by atoms with E-state index in [2.05, 4.69) is 5.10 Å². The molecule has 1 aromatic heterocycles. The number of hydrogen-bond donors (Lipinski definition) is 1. The summed E-state index contributed by atoms with van der Waals surface area (Å²) >= 11 is 0. The minimum Gasteiger partial charge on any atom is -0.481 e. The molecule has 0 radical (unpaired) electrons. The van der Waals surface area contributed by atoms with E-state index >= 15 is 0 Å². The van der Waals surface area contributed by atoms with E-state index in [1.165, 1.54) is 11.1 Å². The summed E-state index contributed by atoms with van der Waals surface area (Å²) in [5.41, 5.74) is 2.07. The number of amides is 1. The largest absolute Gasteiger partial charge is 0.481 e. The van der Waals surface area contributed by atoms with Gasteiger partial charge < -0.3 is 10.0 Å². The molecule has 0 atom stereocenters. The van der Waals surface area contributed by atoms with Gasteiger partial charge in [-0.15, -0.1) is 0 Å². The Morgan fingerprint density at radius 3 is 2.62 bits per heavy atom. The molecule has 1 heterocycles. The summed E-state index contributed by atoms with van der Waals surface area (Å²) in [5.74, 6) is -1.19. The van der Waals surface area contributed by atoms with Crippen LogP contribution in [0.15, 0.2) is 36.7 Å². The lowest BCUT2D eigenvalue weighted by atomic mass is 10.1. The molecular weight excluding hydrogens is 270 g/mol. The van der Waals surface area contributed by atoms with Crippen LogP contribution >= 0.6 is 0 Å². The number of aliphatic carboxylic acids is 1. The number of anilines is 1. The Kier molecular flexibility index (Phi) is 4.37. The van der Waals surface area contributed by atoms with Crippen LogP contribution in [0.1, 0.15) is 22.3 Å². The van der Waals surface area contributed by atoms with Gasteiger partial charge in [-0.25, -0.2) is 0 Å². The van der Waals surface area contributed by atoms with Gasteiger partial charge in [-0.1, -0.05) is 18.2 Å². The molecule has 0 saturated heterocycles. The van der Waals surface area contributed by atoms with E-state index in [-0.39, 0.29) is 18.9 Å². The number of rotatable bonds is 5. The van der Waals surface area contributed by atoms with Crippen molar-refractivity contribution in [3.8, 4) is 0 Å². The van der Waals surface area contributed by atoms with Crippen LogP contribution < -0.4 is 4.90 Å². The van der Waals surface area contributed by atoms with E-state index in [4.69, 9.17) is 5.11 Å². The molecule has 0 aliphatic rings. The van der Waals surface area contributed by atoms with Crippen LogP contribution in [0.4, 0.5) is 5.69 Å². The Morgan fingerprint density at radius 1 is 1.33 bits per heavy atom. The summed E-state index contributed by atoms with van der Waals surface area (Å²) in [6, 6.07) is 7.40. The normalized spacial score (nSPS) is 10.4. The summed E-state index contributed by atoms with van der Waals surface area (Å²) in [6.45, 7) is 2.01. The second kappa shape index (κ2) is 6.21. The number of hydrogen-bond acceptors (Lipinski definition) is 3. The third-order valence-corrected chi connectivity index (χ3v) is 3.15. The molecule has 0 bridgehead atoms. The zero-order chi connectivity index (χ0) is 15.4. The maximum Gasteiger partial charge on any atom is 0.305 e. The SMILES string of the molecule is Cc1ccccc1N(CCC(=O)O)C(=O)c1cnn(C)c1. The zero-order valence-corrected chi connectivity index (χ0v) is 12.0. The number of carboxylic acids is 1. The van der Waals surface area contributed by atoms with E-state index in [1.807, 2.05) is 31.2 Å². The summed E-state index contributed by atoms with van der Waals surface area (Å²) < 4.78 is 1.54. The Labute approximate surface area is 122 Å². The van der Waals surface area contributed by atoms with E-state index in [9.17, 15) is 9.59 Å². The molecule has 21 heavy (non-hydrogen) atoms. The highest BCUT2D eigenvalue weighted by atomic mass is 16.4. The monoisotopic (exact) mass is 287 g/mol. The van der Waals surface area contributed by atoms with Crippen LogP contribution in [0.5, 0.6) is 0 Å². The Hall–Kier alpha value is -2.63. The third kappa shape index (κ3) is 3.47. The number of benzene rings is 1. The molecule has 6 nitrogen and oxygen atoms in total. The molecule has 0 saturated carbocycles. The third-order valence-electron chi connectivity index (χ3n) is 3.15. The second-order valence-electron chi connectivity index (χ2n) is 4.79. The predicted octanol–water partition coefficient (Wildman–Crippen LogP) is 1.85. The van der Waals surface area contributed by atoms with Gasteiger partial charge in [-0.2, -0.15) is 5.10 Å². The van der Waals surface area contributed by atoms with Crippen LogP contribution in [0.3, 0.4) is 0 Å². The average Bonchev–Trinajstić information content (AvgIpc) is 2.87. The first kappa shape index (κ1) is 14.8. The first-order valence-electron chi connectivity index (χ1n) is 6.57. The van der Waals surface area contributed by atoms with Crippen molar-refractivity contribution in [3.63, 3.8) is 0 Å². The molecule has 0 spiro atoms. The molecule has 1 N–H and O–H groups in total. The van der Waals surface area contributed by atoms with Crippen molar-refractivity contribution in [2.45, 2.75) is 13.3 Å². The Morgan fingerprint density at radius 2 is 2.05 bits per heavy atom. The van der Waals surface area contributed by atoms with E-state index in [1.54, 1.807) is 17.9 Å². The number of carbonyl (C=O) groups is 2. The molecule has 0 aliphatic carbocycles. The van der Waals surface area contributed by atoms with Gasteiger partial charge in [0.1, 0.15) is 0 Å².